The zero-order valence-corrected chi connectivity index (χ0v) is 9.76. The van der Waals surface area contributed by atoms with Gasteiger partial charge < -0.3 is 5.32 Å². The minimum Gasteiger partial charge on any atom is -0.314 e. The monoisotopic (exact) mass is 195 g/mol. The molecule has 2 fully saturated rings. The number of rotatable bonds is 6. The topological polar surface area (TPSA) is 12.0 Å². The fraction of sp³-hybridized carbons (Fsp3) is 1.00. The van der Waals surface area contributed by atoms with Crippen LogP contribution < -0.4 is 5.32 Å². The molecule has 0 heterocycles. The Bertz CT molecular complexity index is 160. The van der Waals surface area contributed by atoms with Crippen molar-refractivity contribution in [2.24, 2.45) is 17.8 Å². The van der Waals surface area contributed by atoms with Crippen molar-refractivity contribution in [2.75, 3.05) is 6.54 Å². The molecule has 2 rings (SSSR count). The van der Waals surface area contributed by atoms with Crippen molar-refractivity contribution in [3.05, 3.63) is 0 Å². The molecule has 2 atom stereocenters. The van der Waals surface area contributed by atoms with E-state index in [-0.39, 0.29) is 0 Å². The molecule has 0 aromatic heterocycles. The Hall–Kier alpha value is -0.0400. The molecular formula is C13H25N. The van der Waals surface area contributed by atoms with Gasteiger partial charge in [-0.15, -0.1) is 0 Å². The van der Waals surface area contributed by atoms with Crippen LogP contribution in [-0.4, -0.2) is 12.6 Å². The van der Waals surface area contributed by atoms with Gasteiger partial charge in [0.2, 0.25) is 0 Å². The van der Waals surface area contributed by atoms with Crippen molar-refractivity contribution in [3.63, 3.8) is 0 Å². The molecule has 1 N–H and O–H groups in total. The van der Waals surface area contributed by atoms with E-state index in [4.69, 9.17) is 0 Å². The molecule has 14 heavy (non-hydrogen) atoms. The Kier molecular flexibility index (Phi) is 3.48. The van der Waals surface area contributed by atoms with E-state index in [0.29, 0.717) is 0 Å². The van der Waals surface area contributed by atoms with Gasteiger partial charge >= 0.3 is 0 Å². The Labute approximate surface area is 88.7 Å². The first-order valence-corrected chi connectivity index (χ1v) is 6.49. The summed E-state index contributed by atoms with van der Waals surface area (Å²) in [6.45, 7) is 6.00. The summed E-state index contributed by atoms with van der Waals surface area (Å²) in [6, 6.07) is 0.904. The molecule has 82 valence electrons. The smallest absolute Gasteiger partial charge is 0.00683 e. The molecule has 2 unspecified atom stereocenters. The van der Waals surface area contributed by atoms with Crippen LogP contribution >= 0.6 is 0 Å². The molecule has 0 bridgehead atoms. The van der Waals surface area contributed by atoms with E-state index in [1.54, 1.807) is 0 Å². The summed E-state index contributed by atoms with van der Waals surface area (Å²) in [7, 11) is 0. The van der Waals surface area contributed by atoms with Gasteiger partial charge in [0.25, 0.3) is 0 Å². The highest BCUT2D eigenvalue weighted by atomic mass is 14.9. The van der Waals surface area contributed by atoms with E-state index in [1.165, 1.54) is 45.1 Å². The third-order valence-corrected chi connectivity index (χ3v) is 3.94. The lowest BCUT2D eigenvalue weighted by Crippen LogP contribution is -2.36. The van der Waals surface area contributed by atoms with Crippen LogP contribution in [0.2, 0.25) is 0 Å². The van der Waals surface area contributed by atoms with Gasteiger partial charge in [-0.05, 0) is 56.4 Å². The quantitative estimate of drug-likeness (QED) is 0.686. The van der Waals surface area contributed by atoms with Crippen molar-refractivity contribution in [1.29, 1.82) is 0 Å². The third kappa shape index (κ3) is 2.98. The van der Waals surface area contributed by atoms with E-state index >= 15 is 0 Å². The van der Waals surface area contributed by atoms with Crippen molar-refractivity contribution >= 4 is 0 Å². The lowest BCUT2D eigenvalue weighted by atomic mass is 9.70. The van der Waals surface area contributed by atoms with E-state index in [0.717, 1.165) is 23.8 Å². The SMILES string of the molecule is CC(C)CCC1CCC1CNC1CC1. The predicted molar refractivity (Wildman–Crippen MR) is 61.3 cm³/mol. The molecule has 0 aliphatic heterocycles. The van der Waals surface area contributed by atoms with Crippen LogP contribution in [0.25, 0.3) is 0 Å². The summed E-state index contributed by atoms with van der Waals surface area (Å²) in [6.07, 6.45) is 8.78. The maximum Gasteiger partial charge on any atom is 0.00683 e. The van der Waals surface area contributed by atoms with E-state index < -0.39 is 0 Å². The minimum absolute atomic E-state index is 0.896. The van der Waals surface area contributed by atoms with Gasteiger partial charge in [-0.1, -0.05) is 20.3 Å². The first-order valence-electron chi connectivity index (χ1n) is 6.49. The summed E-state index contributed by atoms with van der Waals surface area (Å²) in [4.78, 5) is 0. The highest BCUT2D eigenvalue weighted by Crippen LogP contribution is 2.38. The van der Waals surface area contributed by atoms with Crippen molar-refractivity contribution < 1.29 is 0 Å². The highest BCUT2D eigenvalue weighted by Gasteiger charge is 2.31. The molecule has 2 aliphatic rings. The Morgan fingerprint density at radius 1 is 1.07 bits per heavy atom. The van der Waals surface area contributed by atoms with Gasteiger partial charge in [-0.25, -0.2) is 0 Å². The number of hydrogen-bond acceptors (Lipinski definition) is 1. The second kappa shape index (κ2) is 4.65. The van der Waals surface area contributed by atoms with Crippen LogP contribution in [0.1, 0.15) is 52.4 Å². The summed E-state index contributed by atoms with van der Waals surface area (Å²) in [5.41, 5.74) is 0. The van der Waals surface area contributed by atoms with Crippen LogP contribution in [0.4, 0.5) is 0 Å². The molecular weight excluding hydrogens is 170 g/mol. The normalized spacial score (nSPS) is 31.9. The van der Waals surface area contributed by atoms with E-state index in [9.17, 15) is 0 Å². The summed E-state index contributed by atoms with van der Waals surface area (Å²) >= 11 is 0. The number of nitrogens with one attached hydrogen (secondary N) is 1. The lowest BCUT2D eigenvalue weighted by molar-refractivity contribution is 0.152. The van der Waals surface area contributed by atoms with Gasteiger partial charge in [-0.2, -0.15) is 0 Å². The predicted octanol–water partition coefficient (Wildman–Crippen LogP) is 3.20. The second-order valence-corrected chi connectivity index (χ2v) is 5.75. The third-order valence-electron chi connectivity index (χ3n) is 3.94. The molecule has 0 spiro atoms. The molecule has 0 saturated heterocycles. The number of hydrogen-bond donors (Lipinski definition) is 1. The first-order chi connectivity index (χ1) is 6.75. The summed E-state index contributed by atoms with van der Waals surface area (Å²) in [5, 5.41) is 3.68. The van der Waals surface area contributed by atoms with Gasteiger partial charge in [-0.3, -0.25) is 0 Å². The van der Waals surface area contributed by atoms with E-state index in [2.05, 4.69) is 19.2 Å². The molecule has 0 radical (unpaired) electrons. The van der Waals surface area contributed by atoms with E-state index in [1.807, 2.05) is 0 Å². The fourth-order valence-corrected chi connectivity index (χ4v) is 2.44. The minimum atomic E-state index is 0.896. The van der Waals surface area contributed by atoms with Gasteiger partial charge in [0, 0.05) is 6.04 Å². The fourth-order valence-electron chi connectivity index (χ4n) is 2.44. The van der Waals surface area contributed by atoms with Crippen molar-refractivity contribution in [2.45, 2.75) is 58.4 Å². The molecule has 0 aromatic carbocycles. The van der Waals surface area contributed by atoms with Crippen LogP contribution in [0.3, 0.4) is 0 Å². The van der Waals surface area contributed by atoms with Crippen molar-refractivity contribution in [1.82, 2.24) is 5.32 Å². The van der Waals surface area contributed by atoms with Crippen LogP contribution in [0.5, 0.6) is 0 Å². The first kappa shape index (κ1) is 10.5. The maximum absolute atomic E-state index is 3.68. The van der Waals surface area contributed by atoms with Crippen LogP contribution in [-0.2, 0) is 0 Å². The highest BCUT2D eigenvalue weighted by molar-refractivity contribution is 4.87. The average Bonchev–Trinajstić information content (AvgIpc) is 2.86. The average molecular weight is 195 g/mol. The van der Waals surface area contributed by atoms with Crippen LogP contribution in [0, 0.1) is 17.8 Å². The molecule has 0 amide bonds. The zero-order valence-electron chi connectivity index (χ0n) is 9.76. The largest absolute Gasteiger partial charge is 0.314 e. The Balaban J connectivity index is 1.57. The Morgan fingerprint density at radius 3 is 2.29 bits per heavy atom. The lowest BCUT2D eigenvalue weighted by Gasteiger charge is -2.37. The summed E-state index contributed by atoms with van der Waals surface area (Å²) < 4.78 is 0. The molecule has 2 aliphatic carbocycles. The second-order valence-electron chi connectivity index (χ2n) is 5.75. The standard InChI is InChI=1S/C13H25N/c1-10(2)3-4-11-5-6-12(11)9-14-13-7-8-13/h10-14H,3-9H2,1-2H3. The van der Waals surface area contributed by atoms with Crippen LogP contribution in [0.15, 0.2) is 0 Å². The van der Waals surface area contributed by atoms with Gasteiger partial charge in [0.15, 0.2) is 0 Å². The molecule has 2 saturated carbocycles. The zero-order chi connectivity index (χ0) is 9.97. The van der Waals surface area contributed by atoms with Gasteiger partial charge in [0.1, 0.15) is 0 Å². The maximum atomic E-state index is 3.68. The Morgan fingerprint density at radius 2 is 1.79 bits per heavy atom. The molecule has 1 heteroatoms. The summed E-state index contributed by atoms with van der Waals surface area (Å²) in [5.74, 6) is 2.98. The van der Waals surface area contributed by atoms with Crippen molar-refractivity contribution in [3.8, 4) is 0 Å². The molecule has 0 aromatic rings. The van der Waals surface area contributed by atoms with Gasteiger partial charge in [0.05, 0.1) is 0 Å². The molecule has 1 nitrogen and oxygen atoms in total.